The predicted molar refractivity (Wildman–Crippen MR) is 65.4 cm³/mol. The van der Waals surface area contributed by atoms with Gasteiger partial charge in [0.15, 0.2) is 0 Å². The topological polar surface area (TPSA) is 91.7 Å². The normalized spacial score (nSPS) is 11.1. The van der Waals surface area contributed by atoms with Crippen LogP contribution in [-0.2, 0) is 0 Å². The maximum absolute atomic E-state index is 11.9. The van der Waals surface area contributed by atoms with E-state index >= 15 is 0 Å². The first-order chi connectivity index (χ1) is 8.60. The quantitative estimate of drug-likeness (QED) is 0.662. The monoisotopic (exact) mass is 254 g/mol. The Balaban J connectivity index is 2.80. The second kappa shape index (κ2) is 6.32. The van der Waals surface area contributed by atoms with Crippen LogP contribution in [0.25, 0.3) is 0 Å². The Kier molecular flexibility index (Phi) is 5.06. The number of hydrogen-bond acceptors (Lipinski definition) is 5. The van der Waals surface area contributed by atoms with Gasteiger partial charge < -0.3 is 20.3 Å². The summed E-state index contributed by atoms with van der Waals surface area (Å²) in [7, 11) is 1.49. The number of nitrogens with one attached hydrogen (secondary N) is 1. The fourth-order valence-electron chi connectivity index (χ4n) is 1.39. The van der Waals surface area contributed by atoms with Crippen LogP contribution in [0, 0.1) is 0 Å². The number of aliphatic hydroxyl groups is 2. The lowest BCUT2D eigenvalue weighted by atomic mass is 9.98. The maximum Gasteiger partial charge on any atom is 0.253 e. The molecule has 0 saturated heterocycles. The summed E-state index contributed by atoms with van der Waals surface area (Å²) in [5, 5.41) is 21.1. The van der Waals surface area contributed by atoms with Crippen molar-refractivity contribution < 1.29 is 19.7 Å². The molecule has 0 fully saturated rings. The molecule has 0 radical (unpaired) electrons. The van der Waals surface area contributed by atoms with E-state index in [1.165, 1.54) is 13.3 Å². The molecule has 1 aromatic rings. The van der Waals surface area contributed by atoms with Crippen molar-refractivity contribution in [2.24, 2.45) is 0 Å². The van der Waals surface area contributed by atoms with E-state index in [0.29, 0.717) is 17.9 Å². The Labute approximate surface area is 106 Å². The number of ether oxygens (including phenoxy) is 1. The number of aliphatic hydroxyl groups excluding tert-OH is 2. The van der Waals surface area contributed by atoms with Crippen LogP contribution in [0.4, 0.5) is 0 Å². The maximum atomic E-state index is 11.9. The highest BCUT2D eigenvalue weighted by atomic mass is 16.5. The third kappa shape index (κ3) is 3.18. The van der Waals surface area contributed by atoms with E-state index in [4.69, 9.17) is 4.74 Å². The molecule has 0 unspecified atom stereocenters. The van der Waals surface area contributed by atoms with Crippen molar-refractivity contribution in [1.29, 1.82) is 0 Å². The van der Waals surface area contributed by atoms with Gasteiger partial charge in [0.1, 0.15) is 0 Å². The predicted octanol–water partition coefficient (Wildman–Crippen LogP) is -0.0466. The molecule has 0 aliphatic rings. The summed E-state index contributed by atoms with van der Waals surface area (Å²) in [6.45, 7) is 1.13. The minimum atomic E-state index is -1.00. The Hall–Kier alpha value is -1.66. The summed E-state index contributed by atoms with van der Waals surface area (Å²) >= 11 is 0. The molecule has 1 aromatic heterocycles. The average Bonchev–Trinajstić information content (AvgIpc) is 2.45. The number of carbonyl (C=O) groups excluding carboxylic acids is 1. The molecule has 0 bridgehead atoms. The summed E-state index contributed by atoms with van der Waals surface area (Å²) < 4.78 is 4.89. The highest BCUT2D eigenvalue weighted by molar-refractivity contribution is 5.94. The van der Waals surface area contributed by atoms with Crippen molar-refractivity contribution in [2.75, 3.05) is 20.3 Å². The largest absolute Gasteiger partial charge is 0.481 e. The molecule has 1 amide bonds. The summed E-state index contributed by atoms with van der Waals surface area (Å²) in [5.41, 5.74) is -0.660. The van der Waals surface area contributed by atoms with Crippen LogP contribution in [0.15, 0.2) is 18.3 Å². The molecule has 0 aliphatic heterocycles. The molecule has 0 atom stereocenters. The number of pyridine rings is 1. The standard InChI is InChI=1S/C12H18N2O4/c1-3-12(7-15,8-16)14-11(17)9-4-5-10(18-2)13-6-9/h4-6,15-16H,3,7-8H2,1-2H3,(H,14,17). The first-order valence-corrected chi connectivity index (χ1v) is 5.65. The minimum absolute atomic E-state index is 0.324. The van der Waals surface area contributed by atoms with Crippen molar-refractivity contribution in [2.45, 2.75) is 18.9 Å². The van der Waals surface area contributed by atoms with Gasteiger partial charge in [-0.1, -0.05) is 6.92 Å². The highest BCUT2D eigenvalue weighted by Crippen LogP contribution is 2.11. The zero-order valence-corrected chi connectivity index (χ0v) is 10.5. The van der Waals surface area contributed by atoms with E-state index in [9.17, 15) is 15.0 Å². The number of rotatable bonds is 6. The van der Waals surface area contributed by atoms with Crippen LogP contribution in [0.2, 0.25) is 0 Å². The molecule has 100 valence electrons. The molecule has 1 heterocycles. The number of hydrogen-bond donors (Lipinski definition) is 3. The molecule has 18 heavy (non-hydrogen) atoms. The van der Waals surface area contributed by atoms with Crippen molar-refractivity contribution >= 4 is 5.91 Å². The first-order valence-electron chi connectivity index (χ1n) is 5.65. The Bertz CT molecular complexity index is 379. The first kappa shape index (κ1) is 14.4. The lowest BCUT2D eigenvalue weighted by Crippen LogP contribution is -2.53. The SMILES string of the molecule is CCC(CO)(CO)NC(=O)c1ccc(OC)nc1. The van der Waals surface area contributed by atoms with Crippen molar-refractivity contribution in [3.8, 4) is 5.88 Å². The fraction of sp³-hybridized carbons (Fsp3) is 0.500. The summed E-state index contributed by atoms with van der Waals surface area (Å²) in [5.74, 6) is 0.0210. The van der Waals surface area contributed by atoms with E-state index < -0.39 is 11.4 Å². The second-order valence-electron chi connectivity index (χ2n) is 3.99. The number of carbonyl (C=O) groups is 1. The van der Waals surface area contributed by atoms with Crippen LogP contribution in [-0.4, -0.2) is 47.0 Å². The Morgan fingerprint density at radius 3 is 2.50 bits per heavy atom. The molecule has 6 nitrogen and oxygen atoms in total. The van der Waals surface area contributed by atoms with Crippen molar-refractivity contribution in [1.82, 2.24) is 10.3 Å². The molecular weight excluding hydrogens is 236 g/mol. The van der Waals surface area contributed by atoms with Crippen molar-refractivity contribution in [3.63, 3.8) is 0 Å². The third-order valence-corrected chi connectivity index (χ3v) is 2.87. The lowest BCUT2D eigenvalue weighted by Gasteiger charge is -2.29. The van der Waals surface area contributed by atoms with Crippen LogP contribution >= 0.6 is 0 Å². The van der Waals surface area contributed by atoms with Crippen LogP contribution < -0.4 is 10.1 Å². The van der Waals surface area contributed by atoms with Gasteiger partial charge in [-0.05, 0) is 12.5 Å². The fourth-order valence-corrected chi connectivity index (χ4v) is 1.39. The molecule has 0 spiro atoms. The number of nitrogens with zero attached hydrogens (tertiary/aromatic N) is 1. The van der Waals surface area contributed by atoms with Gasteiger partial charge in [-0.15, -0.1) is 0 Å². The number of aromatic nitrogens is 1. The molecule has 0 saturated carbocycles. The van der Waals surface area contributed by atoms with E-state index in [1.54, 1.807) is 19.1 Å². The van der Waals surface area contributed by atoms with E-state index in [2.05, 4.69) is 10.3 Å². The molecular formula is C12H18N2O4. The second-order valence-corrected chi connectivity index (χ2v) is 3.99. The van der Waals surface area contributed by atoms with Gasteiger partial charge in [0.05, 0.1) is 31.4 Å². The molecule has 6 heteroatoms. The average molecular weight is 254 g/mol. The van der Waals surface area contributed by atoms with Crippen LogP contribution in [0.1, 0.15) is 23.7 Å². The van der Waals surface area contributed by atoms with Gasteiger partial charge in [-0.2, -0.15) is 0 Å². The van der Waals surface area contributed by atoms with E-state index in [0.717, 1.165) is 0 Å². The highest BCUT2D eigenvalue weighted by Gasteiger charge is 2.28. The Morgan fingerprint density at radius 1 is 1.44 bits per heavy atom. The minimum Gasteiger partial charge on any atom is -0.481 e. The summed E-state index contributed by atoms with van der Waals surface area (Å²) in [4.78, 5) is 15.8. The van der Waals surface area contributed by atoms with Crippen LogP contribution in [0.5, 0.6) is 5.88 Å². The van der Waals surface area contributed by atoms with Crippen LogP contribution in [0.3, 0.4) is 0 Å². The zero-order valence-electron chi connectivity index (χ0n) is 10.5. The summed E-state index contributed by atoms with van der Waals surface area (Å²) in [6.07, 6.45) is 1.80. The van der Waals surface area contributed by atoms with Gasteiger partial charge in [-0.25, -0.2) is 4.98 Å². The molecule has 1 rings (SSSR count). The van der Waals surface area contributed by atoms with Gasteiger partial charge >= 0.3 is 0 Å². The van der Waals surface area contributed by atoms with Gasteiger partial charge in [0, 0.05) is 12.3 Å². The number of methoxy groups -OCH3 is 1. The molecule has 0 aromatic carbocycles. The molecule has 3 N–H and O–H groups in total. The molecule has 0 aliphatic carbocycles. The van der Waals surface area contributed by atoms with E-state index in [1.807, 2.05) is 0 Å². The number of amides is 1. The van der Waals surface area contributed by atoms with Gasteiger partial charge in [0.25, 0.3) is 5.91 Å². The van der Waals surface area contributed by atoms with E-state index in [-0.39, 0.29) is 13.2 Å². The third-order valence-electron chi connectivity index (χ3n) is 2.87. The van der Waals surface area contributed by atoms with Gasteiger partial charge in [-0.3, -0.25) is 4.79 Å². The summed E-state index contributed by atoms with van der Waals surface area (Å²) in [6, 6.07) is 3.14. The Morgan fingerprint density at radius 2 is 2.11 bits per heavy atom. The zero-order chi connectivity index (χ0) is 13.6. The smallest absolute Gasteiger partial charge is 0.253 e. The van der Waals surface area contributed by atoms with Crippen molar-refractivity contribution in [3.05, 3.63) is 23.9 Å². The van der Waals surface area contributed by atoms with Gasteiger partial charge in [0.2, 0.25) is 5.88 Å². The lowest BCUT2D eigenvalue weighted by molar-refractivity contribution is 0.0652.